The third-order valence-electron chi connectivity index (χ3n) is 2.07. The first-order valence-electron chi connectivity index (χ1n) is 3.81. The second-order valence-corrected chi connectivity index (χ2v) is 3.72. The van der Waals surface area contributed by atoms with Crippen molar-refractivity contribution in [3.8, 4) is 0 Å². The lowest BCUT2D eigenvalue weighted by Gasteiger charge is -2.34. The van der Waals surface area contributed by atoms with Crippen LogP contribution in [-0.4, -0.2) is 48.4 Å². The molecule has 1 fully saturated rings. The Kier molecular flexibility index (Phi) is 3.01. The van der Waals surface area contributed by atoms with Crippen LogP contribution in [0.5, 0.6) is 0 Å². The van der Waals surface area contributed by atoms with Crippen LogP contribution in [0, 0.1) is 0 Å². The topological polar surface area (TPSA) is 6.48 Å². The van der Waals surface area contributed by atoms with Gasteiger partial charge < -0.3 is 4.90 Å². The Balaban J connectivity index is 2.26. The maximum Gasteiger partial charge on any atom is 0.0500 e. The second kappa shape index (κ2) is 3.60. The monoisotopic (exact) mass is 160 g/mol. The number of hydrogen-bond donors (Lipinski definition) is 1. The molecule has 0 bridgehead atoms. The van der Waals surface area contributed by atoms with Gasteiger partial charge in [-0.2, -0.15) is 12.6 Å². The Bertz CT molecular complexity index is 97.8. The fourth-order valence-electron chi connectivity index (χ4n) is 1.20. The zero-order valence-corrected chi connectivity index (χ0v) is 7.64. The van der Waals surface area contributed by atoms with Crippen LogP contribution >= 0.6 is 12.6 Å². The Morgan fingerprint density at radius 3 is 2.10 bits per heavy atom. The van der Waals surface area contributed by atoms with E-state index in [4.69, 9.17) is 0 Å². The van der Waals surface area contributed by atoms with Crippen LogP contribution in [0.3, 0.4) is 0 Å². The number of likely N-dealkylation sites (N-methyl/N-ethyl adjacent to an activating group) is 1. The van der Waals surface area contributed by atoms with Crippen LogP contribution in [-0.2, 0) is 0 Å². The molecule has 1 aliphatic heterocycles. The van der Waals surface area contributed by atoms with Gasteiger partial charge in [-0.15, -0.1) is 0 Å². The van der Waals surface area contributed by atoms with E-state index in [-0.39, 0.29) is 0 Å². The molecule has 0 radical (unpaired) electrons. The molecule has 2 nitrogen and oxygen atoms in total. The number of hydrogen-bond acceptors (Lipinski definition) is 3. The average Bonchev–Trinajstić information content (AvgIpc) is 1.88. The summed E-state index contributed by atoms with van der Waals surface area (Å²) in [5.41, 5.74) is 0. The Morgan fingerprint density at radius 1 is 1.20 bits per heavy atom. The smallest absolute Gasteiger partial charge is 0.0500 e. The lowest BCUT2D eigenvalue weighted by atomic mass is 10.3. The highest BCUT2D eigenvalue weighted by molar-refractivity contribution is 7.80. The fraction of sp³-hybridized carbons (Fsp3) is 1.00. The van der Waals surface area contributed by atoms with Gasteiger partial charge in [-0.25, -0.2) is 0 Å². The van der Waals surface area contributed by atoms with Gasteiger partial charge in [-0.05, 0) is 14.0 Å². The lowest BCUT2D eigenvalue weighted by Crippen LogP contribution is -2.46. The Hall–Kier alpha value is 0.270. The minimum absolute atomic E-state index is 0.425. The van der Waals surface area contributed by atoms with Crippen molar-refractivity contribution in [3.63, 3.8) is 0 Å². The van der Waals surface area contributed by atoms with E-state index in [1.54, 1.807) is 0 Å². The molecule has 3 heteroatoms. The Labute approximate surface area is 68.6 Å². The van der Waals surface area contributed by atoms with E-state index in [2.05, 4.69) is 36.4 Å². The van der Waals surface area contributed by atoms with Gasteiger partial charge in [0.05, 0.1) is 0 Å². The lowest BCUT2D eigenvalue weighted by molar-refractivity contribution is 0.150. The van der Waals surface area contributed by atoms with Crippen molar-refractivity contribution >= 4 is 12.6 Å². The molecule has 0 aromatic heterocycles. The second-order valence-electron chi connectivity index (χ2n) is 2.97. The van der Waals surface area contributed by atoms with Crippen molar-refractivity contribution in [2.45, 2.75) is 12.3 Å². The first kappa shape index (κ1) is 8.37. The first-order chi connectivity index (χ1) is 4.70. The molecule has 0 aromatic carbocycles. The highest BCUT2D eigenvalue weighted by Crippen LogP contribution is 2.06. The summed E-state index contributed by atoms with van der Waals surface area (Å²) in [7, 11) is 2.17. The van der Waals surface area contributed by atoms with Crippen molar-refractivity contribution in [3.05, 3.63) is 0 Å². The van der Waals surface area contributed by atoms with Gasteiger partial charge >= 0.3 is 0 Å². The predicted molar refractivity (Wildman–Crippen MR) is 47.5 cm³/mol. The van der Waals surface area contributed by atoms with E-state index in [1.807, 2.05) is 0 Å². The van der Waals surface area contributed by atoms with E-state index in [9.17, 15) is 0 Å². The summed E-state index contributed by atoms with van der Waals surface area (Å²) < 4.78 is 0. The molecule has 0 N–H and O–H groups in total. The van der Waals surface area contributed by atoms with E-state index in [1.165, 1.54) is 26.2 Å². The summed E-state index contributed by atoms with van der Waals surface area (Å²) in [5, 5.41) is 0.425. The maximum absolute atomic E-state index is 4.38. The third-order valence-corrected chi connectivity index (χ3v) is 2.39. The summed E-state index contributed by atoms with van der Waals surface area (Å²) in [6.07, 6.45) is 0. The van der Waals surface area contributed by atoms with Crippen LogP contribution in [0.1, 0.15) is 6.92 Å². The largest absolute Gasteiger partial charge is 0.304 e. The quantitative estimate of drug-likeness (QED) is 0.558. The van der Waals surface area contributed by atoms with Gasteiger partial charge in [-0.3, -0.25) is 4.90 Å². The molecule has 10 heavy (non-hydrogen) atoms. The zero-order chi connectivity index (χ0) is 7.56. The number of thiol groups is 1. The normalized spacial score (nSPS) is 26.7. The van der Waals surface area contributed by atoms with Gasteiger partial charge in [0.2, 0.25) is 0 Å². The molecule has 1 heterocycles. The zero-order valence-electron chi connectivity index (χ0n) is 6.75. The van der Waals surface area contributed by atoms with Gasteiger partial charge in [-0.1, -0.05) is 0 Å². The molecule has 0 saturated carbocycles. The number of nitrogens with zero attached hydrogens (tertiary/aromatic N) is 2. The van der Waals surface area contributed by atoms with Crippen LogP contribution < -0.4 is 0 Å². The highest BCUT2D eigenvalue weighted by atomic mass is 32.1. The fourth-order valence-corrected chi connectivity index (χ4v) is 1.43. The van der Waals surface area contributed by atoms with E-state index < -0.39 is 0 Å². The van der Waals surface area contributed by atoms with Crippen molar-refractivity contribution in [2.24, 2.45) is 0 Å². The molecule has 1 atom stereocenters. The van der Waals surface area contributed by atoms with Crippen LogP contribution in [0.2, 0.25) is 0 Å². The molecule has 60 valence electrons. The first-order valence-corrected chi connectivity index (χ1v) is 4.32. The summed E-state index contributed by atoms with van der Waals surface area (Å²) in [6, 6.07) is 0. The summed E-state index contributed by atoms with van der Waals surface area (Å²) >= 11 is 4.38. The standard InChI is InChI=1S/C7H16N2S/c1-7(10)9-5-3-8(2)4-6-9/h7,10H,3-6H2,1-2H3. The van der Waals surface area contributed by atoms with Crippen molar-refractivity contribution in [1.82, 2.24) is 9.80 Å². The van der Waals surface area contributed by atoms with Gasteiger partial charge in [0.1, 0.15) is 0 Å². The average molecular weight is 160 g/mol. The third kappa shape index (κ3) is 2.15. The van der Waals surface area contributed by atoms with Crippen molar-refractivity contribution in [1.29, 1.82) is 0 Å². The molecule has 0 spiro atoms. The van der Waals surface area contributed by atoms with Crippen LogP contribution in [0.25, 0.3) is 0 Å². The predicted octanol–water partition coefficient (Wildman–Crippen LogP) is 0.510. The van der Waals surface area contributed by atoms with Gasteiger partial charge in [0.25, 0.3) is 0 Å². The highest BCUT2D eigenvalue weighted by Gasteiger charge is 2.15. The molecule has 0 aliphatic carbocycles. The summed E-state index contributed by atoms with van der Waals surface area (Å²) in [6.45, 7) is 6.84. The van der Waals surface area contributed by atoms with Gasteiger partial charge in [0, 0.05) is 31.6 Å². The summed E-state index contributed by atoms with van der Waals surface area (Å²) in [5.74, 6) is 0. The molecule has 1 unspecified atom stereocenters. The maximum atomic E-state index is 4.38. The Morgan fingerprint density at radius 2 is 1.70 bits per heavy atom. The van der Waals surface area contributed by atoms with E-state index in [0.717, 1.165) is 0 Å². The van der Waals surface area contributed by atoms with Gasteiger partial charge in [0.15, 0.2) is 0 Å². The summed E-state index contributed by atoms with van der Waals surface area (Å²) in [4.78, 5) is 4.75. The minimum atomic E-state index is 0.425. The molecule has 0 aromatic rings. The molecule has 1 rings (SSSR count). The number of piperazine rings is 1. The minimum Gasteiger partial charge on any atom is -0.304 e. The van der Waals surface area contributed by atoms with Crippen LogP contribution in [0.4, 0.5) is 0 Å². The number of rotatable bonds is 1. The molecule has 1 saturated heterocycles. The van der Waals surface area contributed by atoms with E-state index >= 15 is 0 Å². The van der Waals surface area contributed by atoms with Crippen LogP contribution in [0.15, 0.2) is 0 Å². The molecule has 1 aliphatic rings. The molecular formula is C7H16N2S. The molecular weight excluding hydrogens is 144 g/mol. The van der Waals surface area contributed by atoms with Crippen molar-refractivity contribution in [2.75, 3.05) is 33.2 Å². The van der Waals surface area contributed by atoms with E-state index in [0.29, 0.717) is 5.37 Å². The SMILES string of the molecule is CC(S)N1CCN(C)CC1. The van der Waals surface area contributed by atoms with Crippen molar-refractivity contribution < 1.29 is 0 Å². The molecule has 0 amide bonds.